The molecule has 6 nitrogen and oxygen atoms in total. The van der Waals surface area contributed by atoms with Crippen molar-refractivity contribution in [3.8, 4) is 11.3 Å². The van der Waals surface area contributed by atoms with E-state index in [1.807, 2.05) is 42.6 Å². The number of hydrogen-bond donors (Lipinski definition) is 1. The van der Waals surface area contributed by atoms with Gasteiger partial charge in [0.05, 0.1) is 18.2 Å². The van der Waals surface area contributed by atoms with Gasteiger partial charge in [-0.3, -0.25) is 10.2 Å². The van der Waals surface area contributed by atoms with Crippen LogP contribution in [-0.4, -0.2) is 36.0 Å². The Kier molecular flexibility index (Phi) is 7.17. The molecule has 7 heteroatoms. The van der Waals surface area contributed by atoms with Crippen molar-refractivity contribution < 1.29 is 14.3 Å². The molecular formula is C21H27N3O3S. The second kappa shape index (κ2) is 9.80. The zero-order valence-electron chi connectivity index (χ0n) is 16.6. The fraction of sp³-hybridized carbons (Fsp3) is 0.476. The minimum atomic E-state index is -0.159. The summed E-state index contributed by atoms with van der Waals surface area (Å²) in [6.45, 7) is 7.26. The van der Waals surface area contributed by atoms with Crippen LogP contribution in [0, 0.1) is 11.8 Å². The van der Waals surface area contributed by atoms with E-state index < -0.39 is 0 Å². The molecule has 2 heterocycles. The van der Waals surface area contributed by atoms with Crippen LogP contribution in [0.4, 0.5) is 5.13 Å². The Morgan fingerprint density at radius 3 is 2.93 bits per heavy atom. The predicted octanol–water partition coefficient (Wildman–Crippen LogP) is 4.59. The SMILES string of the molecule is C/C(C[C@H]1C[C@@H](COCC(C)C)OC1=O)=N/Nc1nc(-c2ccccc2)cs1. The molecule has 28 heavy (non-hydrogen) atoms. The van der Waals surface area contributed by atoms with E-state index in [0.717, 1.165) is 22.1 Å². The number of rotatable bonds is 9. The van der Waals surface area contributed by atoms with E-state index in [4.69, 9.17) is 9.47 Å². The molecule has 0 unspecified atom stereocenters. The fourth-order valence-corrected chi connectivity index (χ4v) is 3.70. The number of carbonyl (C=O) groups excluding carboxylic acids is 1. The Hall–Kier alpha value is -2.25. The Balaban J connectivity index is 1.48. The lowest BCUT2D eigenvalue weighted by molar-refractivity contribution is -0.146. The number of benzene rings is 1. The first kappa shape index (κ1) is 20.5. The van der Waals surface area contributed by atoms with Crippen LogP contribution in [0.25, 0.3) is 11.3 Å². The highest BCUT2D eigenvalue weighted by molar-refractivity contribution is 7.14. The van der Waals surface area contributed by atoms with Crippen LogP contribution in [0.15, 0.2) is 40.8 Å². The molecule has 0 amide bonds. The standard InChI is InChI=1S/C21H27N3O3S/c1-14(2)11-26-12-18-10-17(20(25)27-18)9-15(3)23-24-21-22-19(13-28-21)16-7-5-4-6-8-16/h4-8,13-14,17-18H,9-12H2,1-3H3,(H,22,24)/b23-15-/t17-,18-/m0/s1. The zero-order chi connectivity index (χ0) is 19.9. The zero-order valence-corrected chi connectivity index (χ0v) is 17.4. The summed E-state index contributed by atoms with van der Waals surface area (Å²) in [7, 11) is 0. The van der Waals surface area contributed by atoms with Crippen molar-refractivity contribution in [1.82, 2.24) is 4.98 Å². The number of nitrogens with one attached hydrogen (secondary N) is 1. The average molecular weight is 402 g/mol. The maximum absolute atomic E-state index is 12.1. The van der Waals surface area contributed by atoms with Crippen molar-refractivity contribution in [2.75, 3.05) is 18.6 Å². The summed E-state index contributed by atoms with van der Waals surface area (Å²) >= 11 is 1.50. The summed E-state index contributed by atoms with van der Waals surface area (Å²) in [5.41, 5.74) is 5.85. The minimum Gasteiger partial charge on any atom is -0.460 e. The lowest BCUT2D eigenvalue weighted by atomic mass is 9.99. The molecule has 1 N–H and O–H groups in total. The number of carbonyl (C=O) groups is 1. The second-order valence-corrected chi connectivity index (χ2v) is 8.35. The van der Waals surface area contributed by atoms with Gasteiger partial charge in [-0.2, -0.15) is 5.10 Å². The maximum Gasteiger partial charge on any atom is 0.309 e. The third-order valence-electron chi connectivity index (χ3n) is 4.38. The molecule has 0 radical (unpaired) electrons. The molecule has 0 bridgehead atoms. The number of aromatic nitrogens is 1. The van der Waals surface area contributed by atoms with E-state index in [0.29, 0.717) is 32.0 Å². The quantitative estimate of drug-likeness (QED) is 0.378. The van der Waals surface area contributed by atoms with E-state index in [1.54, 1.807) is 0 Å². The number of esters is 1. The highest BCUT2D eigenvalue weighted by Gasteiger charge is 2.34. The van der Waals surface area contributed by atoms with Crippen LogP contribution in [0.3, 0.4) is 0 Å². The van der Waals surface area contributed by atoms with Crippen molar-refractivity contribution in [3.63, 3.8) is 0 Å². The van der Waals surface area contributed by atoms with E-state index >= 15 is 0 Å². The van der Waals surface area contributed by atoms with Gasteiger partial charge in [0.1, 0.15) is 6.10 Å². The number of thiazole rings is 1. The first-order valence-electron chi connectivity index (χ1n) is 9.59. The minimum absolute atomic E-state index is 0.149. The van der Waals surface area contributed by atoms with Crippen molar-refractivity contribution in [2.45, 2.75) is 39.7 Å². The summed E-state index contributed by atoms with van der Waals surface area (Å²) in [6, 6.07) is 10.0. The van der Waals surface area contributed by atoms with Gasteiger partial charge in [0.2, 0.25) is 5.13 Å². The van der Waals surface area contributed by atoms with Crippen LogP contribution in [-0.2, 0) is 14.3 Å². The summed E-state index contributed by atoms with van der Waals surface area (Å²) in [6.07, 6.45) is 1.10. The fourth-order valence-electron chi connectivity index (χ4n) is 3.04. The summed E-state index contributed by atoms with van der Waals surface area (Å²) in [4.78, 5) is 16.6. The molecule has 150 valence electrons. The molecule has 1 aliphatic rings. The molecule has 1 aliphatic heterocycles. The summed E-state index contributed by atoms with van der Waals surface area (Å²) in [5.74, 6) is 0.157. The number of nitrogens with zero attached hydrogens (tertiary/aromatic N) is 2. The van der Waals surface area contributed by atoms with Crippen LogP contribution in [0.5, 0.6) is 0 Å². The monoisotopic (exact) mass is 401 g/mol. The number of hydrogen-bond acceptors (Lipinski definition) is 7. The average Bonchev–Trinajstić information content (AvgIpc) is 3.28. The van der Waals surface area contributed by atoms with Gasteiger partial charge in [0, 0.05) is 36.1 Å². The molecule has 1 aromatic carbocycles. The summed E-state index contributed by atoms with van der Waals surface area (Å²) < 4.78 is 11.0. The van der Waals surface area contributed by atoms with Crippen LogP contribution < -0.4 is 5.43 Å². The van der Waals surface area contributed by atoms with Gasteiger partial charge in [0.25, 0.3) is 0 Å². The molecule has 2 aromatic rings. The maximum atomic E-state index is 12.1. The van der Waals surface area contributed by atoms with Crippen LogP contribution >= 0.6 is 11.3 Å². The normalized spacial score (nSPS) is 19.9. The van der Waals surface area contributed by atoms with Crippen molar-refractivity contribution >= 4 is 28.1 Å². The molecule has 0 saturated carbocycles. The van der Waals surface area contributed by atoms with Gasteiger partial charge < -0.3 is 9.47 Å². The van der Waals surface area contributed by atoms with Crippen molar-refractivity contribution in [1.29, 1.82) is 0 Å². The predicted molar refractivity (Wildman–Crippen MR) is 113 cm³/mol. The first-order chi connectivity index (χ1) is 13.5. The highest BCUT2D eigenvalue weighted by atomic mass is 32.1. The number of anilines is 1. The third kappa shape index (κ3) is 5.87. The van der Waals surface area contributed by atoms with Crippen LogP contribution in [0.1, 0.15) is 33.6 Å². The number of cyclic esters (lactones) is 1. The van der Waals surface area contributed by atoms with Crippen molar-refractivity contribution in [2.24, 2.45) is 16.9 Å². The van der Waals surface area contributed by atoms with Gasteiger partial charge in [-0.1, -0.05) is 44.2 Å². The lowest BCUT2D eigenvalue weighted by Crippen LogP contribution is -2.17. The van der Waals surface area contributed by atoms with E-state index in [1.165, 1.54) is 11.3 Å². The molecule has 2 atom stereocenters. The molecule has 3 rings (SSSR count). The van der Waals surface area contributed by atoms with Gasteiger partial charge >= 0.3 is 5.97 Å². The van der Waals surface area contributed by atoms with Gasteiger partial charge in [-0.05, 0) is 12.8 Å². The highest BCUT2D eigenvalue weighted by Crippen LogP contribution is 2.26. The number of ether oxygens (including phenoxy) is 2. The third-order valence-corrected chi connectivity index (χ3v) is 5.12. The molecule has 1 saturated heterocycles. The first-order valence-corrected chi connectivity index (χ1v) is 10.5. The molecule has 0 aliphatic carbocycles. The van der Waals surface area contributed by atoms with Gasteiger partial charge in [-0.15, -0.1) is 11.3 Å². The Bertz CT molecular complexity index is 804. The topological polar surface area (TPSA) is 72.8 Å². The van der Waals surface area contributed by atoms with E-state index in [-0.39, 0.29) is 18.0 Å². The second-order valence-electron chi connectivity index (χ2n) is 7.49. The molecule has 1 aromatic heterocycles. The van der Waals surface area contributed by atoms with E-state index in [2.05, 4.69) is 29.4 Å². The smallest absolute Gasteiger partial charge is 0.309 e. The van der Waals surface area contributed by atoms with Crippen LogP contribution in [0.2, 0.25) is 0 Å². The molecular weight excluding hydrogens is 374 g/mol. The van der Waals surface area contributed by atoms with Gasteiger partial charge in [0.15, 0.2) is 0 Å². The van der Waals surface area contributed by atoms with E-state index in [9.17, 15) is 4.79 Å². The molecule has 0 spiro atoms. The largest absolute Gasteiger partial charge is 0.460 e. The van der Waals surface area contributed by atoms with Gasteiger partial charge in [-0.25, -0.2) is 4.98 Å². The number of hydrazone groups is 1. The lowest BCUT2D eigenvalue weighted by Gasteiger charge is -2.11. The Morgan fingerprint density at radius 1 is 1.39 bits per heavy atom. The Labute approximate surface area is 170 Å². The van der Waals surface area contributed by atoms with Crippen molar-refractivity contribution in [3.05, 3.63) is 35.7 Å². The summed E-state index contributed by atoms with van der Waals surface area (Å²) in [5, 5.41) is 7.11. The Morgan fingerprint density at radius 2 is 2.18 bits per heavy atom. The molecule has 1 fully saturated rings.